The van der Waals surface area contributed by atoms with Gasteiger partial charge in [0.2, 0.25) is 0 Å². The van der Waals surface area contributed by atoms with E-state index in [-0.39, 0.29) is 22.5 Å². The van der Waals surface area contributed by atoms with Gasteiger partial charge in [-0.25, -0.2) is 18.9 Å². The number of carbonyl (C=O) groups excluding carboxylic acids is 4. The fourth-order valence-electron chi connectivity index (χ4n) is 4.38. The molecule has 0 saturated carbocycles. The predicted molar refractivity (Wildman–Crippen MR) is 164 cm³/mol. The molecule has 43 heavy (non-hydrogen) atoms. The zero-order chi connectivity index (χ0) is 31.7. The van der Waals surface area contributed by atoms with Crippen molar-refractivity contribution in [3.8, 4) is 5.75 Å². The van der Waals surface area contributed by atoms with E-state index in [4.69, 9.17) is 32.7 Å². The number of amides is 4. The first kappa shape index (κ1) is 33.9. The van der Waals surface area contributed by atoms with Crippen LogP contribution in [0.3, 0.4) is 0 Å². The van der Waals surface area contributed by atoms with Crippen molar-refractivity contribution in [1.29, 1.82) is 0 Å². The number of imide groups is 1. The van der Waals surface area contributed by atoms with Gasteiger partial charge in [-0.05, 0) is 62.8 Å². The Labute approximate surface area is 260 Å². The second-order valence-corrected chi connectivity index (χ2v) is 11.2. The summed E-state index contributed by atoms with van der Waals surface area (Å²) in [5.41, 5.74) is 2.38. The van der Waals surface area contributed by atoms with Crippen LogP contribution in [0.4, 0.5) is 20.6 Å². The smallest absolute Gasteiger partial charge is 0.344 e. The van der Waals surface area contributed by atoms with E-state index in [9.17, 15) is 23.6 Å². The lowest BCUT2D eigenvalue weighted by molar-refractivity contribution is -0.146. The van der Waals surface area contributed by atoms with Crippen LogP contribution in [-0.4, -0.2) is 56.0 Å². The van der Waals surface area contributed by atoms with Crippen molar-refractivity contribution in [2.75, 3.05) is 37.5 Å². The van der Waals surface area contributed by atoms with Crippen LogP contribution in [0.2, 0.25) is 10.0 Å². The molecular weight excluding hydrogens is 600 g/mol. The summed E-state index contributed by atoms with van der Waals surface area (Å²) >= 11 is 11.9. The number of aryl methyl sites for hydroxylation is 1. The molecule has 9 nitrogen and oxygen atoms in total. The van der Waals surface area contributed by atoms with E-state index in [1.54, 1.807) is 20.2 Å². The number of benzene rings is 2. The maximum absolute atomic E-state index is 14.5. The highest BCUT2D eigenvalue weighted by Crippen LogP contribution is 2.39. The first-order valence-electron chi connectivity index (χ1n) is 14.1. The number of esters is 1. The van der Waals surface area contributed by atoms with Gasteiger partial charge in [0.25, 0.3) is 11.8 Å². The van der Waals surface area contributed by atoms with Crippen LogP contribution in [0.15, 0.2) is 41.5 Å². The van der Waals surface area contributed by atoms with Crippen LogP contribution in [-0.2, 0) is 19.1 Å². The zero-order valence-corrected chi connectivity index (χ0v) is 26.2. The van der Waals surface area contributed by atoms with Gasteiger partial charge < -0.3 is 19.7 Å². The Kier molecular flexibility index (Phi) is 12.4. The van der Waals surface area contributed by atoms with Gasteiger partial charge in [-0.15, -0.1) is 0 Å². The molecule has 4 amide bonds. The summed E-state index contributed by atoms with van der Waals surface area (Å²) in [6.07, 6.45) is 5.40. The molecule has 0 bridgehead atoms. The van der Waals surface area contributed by atoms with Gasteiger partial charge in [0.1, 0.15) is 11.6 Å². The lowest BCUT2D eigenvalue weighted by atomic mass is 9.93. The Morgan fingerprint density at radius 1 is 1.00 bits per heavy atom. The number of halogens is 3. The van der Waals surface area contributed by atoms with Gasteiger partial charge in [0, 0.05) is 42.0 Å². The van der Waals surface area contributed by atoms with Crippen molar-refractivity contribution in [3.05, 3.63) is 62.9 Å². The molecule has 0 spiro atoms. The first-order valence-corrected chi connectivity index (χ1v) is 14.8. The number of nitrogens with zero attached hydrogens (tertiary/aromatic N) is 2. The quantitative estimate of drug-likeness (QED) is 0.179. The molecule has 0 radical (unpaired) electrons. The molecular formula is C31H36Cl2FN3O6. The van der Waals surface area contributed by atoms with Crippen LogP contribution in [0.1, 0.15) is 57.4 Å². The van der Waals surface area contributed by atoms with Gasteiger partial charge in [0.15, 0.2) is 6.61 Å². The molecule has 232 valence electrons. The topological polar surface area (TPSA) is 105 Å². The largest absolute Gasteiger partial charge is 0.480 e. The predicted octanol–water partition coefficient (Wildman–Crippen LogP) is 7.08. The Balaban J connectivity index is 0.000000303. The number of hydrogen-bond donors (Lipinski definition) is 1. The van der Waals surface area contributed by atoms with Crippen molar-refractivity contribution < 1.29 is 33.0 Å². The summed E-state index contributed by atoms with van der Waals surface area (Å²) in [7, 11) is 3.37. The van der Waals surface area contributed by atoms with Crippen LogP contribution in [0.25, 0.3) is 0 Å². The average molecular weight is 637 g/mol. The van der Waals surface area contributed by atoms with E-state index in [0.717, 1.165) is 48.6 Å². The minimum absolute atomic E-state index is 0.000883. The molecule has 0 saturated heterocycles. The third kappa shape index (κ3) is 8.93. The summed E-state index contributed by atoms with van der Waals surface area (Å²) in [5, 5.41) is 3.30. The minimum Gasteiger partial charge on any atom is -0.480 e. The molecule has 1 aliphatic carbocycles. The molecule has 0 atom stereocenters. The summed E-state index contributed by atoms with van der Waals surface area (Å²) in [5.74, 6) is -2.40. The number of urea groups is 1. The van der Waals surface area contributed by atoms with Gasteiger partial charge in [-0.2, -0.15) is 0 Å². The molecule has 2 aliphatic rings. The van der Waals surface area contributed by atoms with E-state index in [1.807, 2.05) is 26.0 Å². The van der Waals surface area contributed by atoms with Crippen LogP contribution < -0.4 is 15.0 Å². The van der Waals surface area contributed by atoms with E-state index < -0.39 is 30.2 Å². The molecule has 0 fully saturated rings. The van der Waals surface area contributed by atoms with Crippen LogP contribution >= 0.6 is 23.2 Å². The summed E-state index contributed by atoms with van der Waals surface area (Å²) in [4.78, 5) is 50.7. The van der Waals surface area contributed by atoms with Gasteiger partial charge in [0.05, 0.1) is 17.3 Å². The number of rotatable bonds is 9. The third-order valence-electron chi connectivity index (χ3n) is 6.82. The zero-order valence-electron chi connectivity index (χ0n) is 24.7. The maximum Gasteiger partial charge on any atom is 0.344 e. The second kappa shape index (κ2) is 15.7. The highest BCUT2D eigenvalue weighted by molar-refractivity contribution is 6.34. The number of hydrogen-bond acceptors (Lipinski definition) is 6. The number of carbonyl (C=O) groups is 4. The highest BCUT2D eigenvalue weighted by Gasteiger charge is 2.41. The molecule has 4 rings (SSSR count). The fourth-order valence-corrected chi connectivity index (χ4v) is 4.77. The fraction of sp³-hybridized carbons (Fsp3) is 0.419. The molecule has 1 N–H and O–H groups in total. The van der Waals surface area contributed by atoms with Gasteiger partial charge in [-0.3, -0.25) is 9.59 Å². The molecule has 2 aromatic rings. The van der Waals surface area contributed by atoms with E-state index in [0.29, 0.717) is 41.3 Å². The van der Waals surface area contributed by atoms with Crippen molar-refractivity contribution in [2.24, 2.45) is 0 Å². The number of unbranched alkanes of at least 4 members (excludes halogenated alkanes) is 2. The summed E-state index contributed by atoms with van der Waals surface area (Å²) in [6.45, 7) is 3.85. The van der Waals surface area contributed by atoms with E-state index in [1.165, 1.54) is 11.0 Å². The average Bonchev–Trinajstić information content (AvgIpc) is 3.22. The van der Waals surface area contributed by atoms with Gasteiger partial charge in [-0.1, -0.05) is 49.0 Å². The van der Waals surface area contributed by atoms with Crippen LogP contribution in [0.5, 0.6) is 5.75 Å². The Morgan fingerprint density at radius 2 is 1.65 bits per heavy atom. The normalized spacial score (nSPS) is 14.2. The monoisotopic (exact) mass is 635 g/mol. The first-order chi connectivity index (χ1) is 20.4. The van der Waals surface area contributed by atoms with Crippen LogP contribution in [0, 0.1) is 12.7 Å². The number of ether oxygens (including phenoxy) is 2. The summed E-state index contributed by atoms with van der Waals surface area (Å²) in [6, 6.07) is 7.41. The van der Waals surface area contributed by atoms with Crippen molar-refractivity contribution in [2.45, 2.75) is 58.8 Å². The molecule has 2 aromatic carbocycles. The van der Waals surface area contributed by atoms with E-state index >= 15 is 0 Å². The van der Waals surface area contributed by atoms with Crippen molar-refractivity contribution >= 4 is 58.4 Å². The highest BCUT2D eigenvalue weighted by atomic mass is 35.5. The second-order valence-electron chi connectivity index (χ2n) is 10.3. The standard InChI is InChI=1S/C21H23ClFNO5.C10H13ClN2O/c1-2-3-6-9-28-19(25)12-29-18-11-17(16(23)10-15(18)22)24-20(26)13-7-4-5-8-14(13)21(24)27;1-7-4-5-8(6-9(7)11)12-10(14)13(2)3/h10-11H,2-9,12H2,1H3;4-6H,1-3H3,(H,12,14). The van der Waals surface area contributed by atoms with Crippen molar-refractivity contribution in [1.82, 2.24) is 4.90 Å². The molecule has 0 unspecified atom stereocenters. The summed E-state index contributed by atoms with van der Waals surface area (Å²) < 4.78 is 25.0. The Bertz CT molecular complexity index is 1380. The van der Waals surface area contributed by atoms with Gasteiger partial charge >= 0.3 is 12.0 Å². The lowest BCUT2D eigenvalue weighted by Gasteiger charge is -2.18. The van der Waals surface area contributed by atoms with Crippen molar-refractivity contribution in [3.63, 3.8) is 0 Å². The molecule has 0 aromatic heterocycles. The maximum atomic E-state index is 14.5. The Morgan fingerprint density at radius 3 is 2.23 bits per heavy atom. The lowest BCUT2D eigenvalue weighted by Crippen LogP contribution is -2.32. The minimum atomic E-state index is -0.814. The Hall–Kier alpha value is -3.63. The molecule has 1 aliphatic heterocycles. The number of anilines is 2. The molecule has 1 heterocycles. The SMILES string of the molecule is CCCCCOC(=O)COc1cc(N2C(=O)C3=C(CCCC3)C2=O)c(F)cc1Cl.Cc1ccc(NC(=O)N(C)C)cc1Cl. The molecule has 12 heteroatoms. The van der Waals surface area contributed by atoms with E-state index in [2.05, 4.69) is 5.32 Å². The third-order valence-corrected chi connectivity index (χ3v) is 7.52. The number of nitrogens with one attached hydrogen (secondary N) is 1.